The predicted octanol–water partition coefficient (Wildman–Crippen LogP) is 4.35. The lowest BCUT2D eigenvalue weighted by Crippen LogP contribution is -2.57. The molecule has 3 aliphatic heterocycles. The molecule has 0 radical (unpaired) electrons. The molecule has 290 valence electrons. The molecule has 1 saturated heterocycles. The highest BCUT2D eigenvalue weighted by Crippen LogP contribution is 2.58. The summed E-state index contributed by atoms with van der Waals surface area (Å²) in [6.45, 7) is 8.29. The smallest absolute Gasteiger partial charge is 0.410 e. The summed E-state index contributed by atoms with van der Waals surface area (Å²) in [6, 6.07) is 3.52. The Morgan fingerprint density at radius 1 is 1.04 bits per heavy atom. The van der Waals surface area contributed by atoms with Crippen LogP contribution in [-0.2, 0) is 47.0 Å². The van der Waals surface area contributed by atoms with Crippen molar-refractivity contribution in [3.63, 3.8) is 0 Å². The Kier molecular flexibility index (Phi) is 11.1. The van der Waals surface area contributed by atoms with Gasteiger partial charge in [-0.05, 0) is 73.1 Å². The molecule has 1 aromatic rings. The number of hydrogen-bond donors (Lipinski definition) is 2. The van der Waals surface area contributed by atoms with Crippen LogP contribution in [0, 0.1) is 16.7 Å². The van der Waals surface area contributed by atoms with Crippen molar-refractivity contribution in [2.75, 3.05) is 19.8 Å². The van der Waals surface area contributed by atoms with Gasteiger partial charge in [0, 0.05) is 25.9 Å². The molecule has 3 fully saturated rings. The van der Waals surface area contributed by atoms with Gasteiger partial charge in [-0.25, -0.2) is 18.0 Å². The summed E-state index contributed by atoms with van der Waals surface area (Å²) in [7, 11) is -3.84. The third kappa shape index (κ3) is 8.81. The minimum atomic E-state index is -3.84. The molecule has 0 spiro atoms. The van der Waals surface area contributed by atoms with Crippen molar-refractivity contribution in [3.8, 4) is 5.75 Å². The summed E-state index contributed by atoms with van der Waals surface area (Å²) in [6.07, 6.45) is 5.46. The molecule has 0 aromatic heterocycles. The largest absolute Gasteiger partial charge is 0.490 e. The van der Waals surface area contributed by atoms with Gasteiger partial charge in [0.15, 0.2) is 5.78 Å². The van der Waals surface area contributed by atoms with E-state index < -0.39 is 74.1 Å². The van der Waals surface area contributed by atoms with Crippen molar-refractivity contribution in [1.29, 1.82) is 0 Å². The van der Waals surface area contributed by atoms with E-state index in [0.717, 1.165) is 24.0 Å². The lowest BCUT2D eigenvalue weighted by molar-refractivity contribution is -0.142. The number of rotatable bonds is 7. The van der Waals surface area contributed by atoms with Crippen LogP contribution >= 0.6 is 0 Å². The molecule has 15 heteroatoms. The number of alkyl carbamates (subject to hydrolysis) is 1. The van der Waals surface area contributed by atoms with Gasteiger partial charge in [0.2, 0.25) is 21.8 Å². The van der Waals surface area contributed by atoms with Gasteiger partial charge in [-0.3, -0.25) is 24.0 Å². The van der Waals surface area contributed by atoms with Crippen molar-refractivity contribution < 1.29 is 46.6 Å². The van der Waals surface area contributed by atoms with E-state index >= 15 is 0 Å². The van der Waals surface area contributed by atoms with Crippen LogP contribution < -0.4 is 14.8 Å². The second-order valence-electron chi connectivity index (χ2n) is 16.2. The number of cyclic esters (lactones) is 1. The first kappa shape index (κ1) is 38.6. The maximum Gasteiger partial charge on any atom is 0.410 e. The maximum absolute atomic E-state index is 14.4. The van der Waals surface area contributed by atoms with E-state index in [1.807, 2.05) is 37.3 Å². The summed E-state index contributed by atoms with van der Waals surface area (Å²) >= 11 is 0. The number of hydrogen-bond acceptors (Lipinski definition) is 10. The molecule has 53 heavy (non-hydrogen) atoms. The van der Waals surface area contributed by atoms with Gasteiger partial charge in [0.05, 0.1) is 29.9 Å². The first-order valence-electron chi connectivity index (χ1n) is 18.8. The molecule has 5 bridgehead atoms. The van der Waals surface area contributed by atoms with Gasteiger partial charge >= 0.3 is 12.2 Å². The number of sulfonamides is 1. The first-order chi connectivity index (χ1) is 25.1. The molecule has 2 N–H and O–H groups in total. The standard InChI is InChI=1S/C38H52N4O10S/c1-5-26-19-38(26,34(45)40-53(48,49)29-13-14-29)20-31(43)30-18-28-23-42(30)33(44)32(37(2,3)4)39-35(46)51-16-10-8-6-7-9-15-50-27-12-11-24-21-41(36(47)52-28)22-25(24)17-27/h7,9,11-12,17,26,28-30,32H,5-6,8,10,13-16,18-23H2,1-4H3,(H,39,46)(H,40,45)/b9-7+/t26-,28+,30?,32+,38-/m0/s1. The SMILES string of the molecule is CC[C@H]1C[C@@]1(CC(=O)C1C[C@@H]2CN1C(=O)[C@H](C(C)(C)C)NC(=O)OCCCC/C=C/COc1ccc3c(c1)CN(C3)C(=O)O2)C(=O)NS(=O)(=O)C1CC1. The zero-order valence-electron chi connectivity index (χ0n) is 31.1. The molecule has 1 aromatic carbocycles. The van der Waals surface area contributed by atoms with Gasteiger partial charge < -0.3 is 24.4 Å². The van der Waals surface area contributed by atoms with Crippen LogP contribution in [-0.4, -0.2) is 91.2 Å². The van der Waals surface area contributed by atoms with Crippen LogP contribution in [0.2, 0.25) is 0 Å². The molecule has 1 unspecified atom stereocenters. The van der Waals surface area contributed by atoms with Crippen molar-refractivity contribution in [1.82, 2.24) is 19.8 Å². The highest BCUT2D eigenvalue weighted by Gasteiger charge is 2.62. The van der Waals surface area contributed by atoms with E-state index in [-0.39, 0.29) is 31.9 Å². The third-order valence-corrected chi connectivity index (χ3v) is 12.9. The van der Waals surface area contributed by atoms with Crippen molar-refractivity contribution in [2.24, 2.45) is 16.7 Å². The molecule has 6 rings (SSSR count). The molecule has 4 amide bonds. The minimum Gasteiger partial charge on any atom is -0.490 e. The number of carbonyl (C=O) groups is 5. The number of nitrogens with zero attached hydrogens (tertiary/aromatic N) is 2. The molecule has 3 heterocycles. The molecule has 5 atom stereocenters. The van der Waals surface area contributed by atoms with Gasteiger partial charge in [0.1, 0.15) is 24.5 Å². The minimum absolute atomic E-state index is 0.0151. The number of amides is 4. The van der Waals surface area contributed by atoms with Crippen molar-refractivity contribution in [3.05, 3.63) is 41.5 Å². The average Bonchev–Trinajstić information content (AvgIpc) is 3.99. The molecule has 2 saturated carbocycles. The Labute approximate surface area is 311 Å². The topological polar surface area (TPSA) is 178 Å². The summed E-state index contributed by atoms with van der Waals surface area (Å²) in [4.78, 5) is 71.7. The Hall–Kier alpha value is -4.14. The van der Waals surface area contributed by atoms with E-state index in [1.165, 1.54) is 4.90 Å². The van der Waals surface area contributed by atoms with Crippen LogP contribution in [0.4, 0.5) is 9.59 Å². The number of ether oxygens (including phenoxy) is 3. The van der Waals surface area contributed by atoms with E-state index in [2.05, 4.69) is 10.0 Å². The molecule has 2 aliphatic carbocycles. The number of allylic oxidation sites excluding steroid dienone is 1. The maximum atomic E-state index is 14.4. The van der Waals surface area contributed by atoms with E-state index in [4.69, 9.17) is 14.2 Å². The Balaban J connectivity index is 1.25. The summed E-state index contributed by atoms with van der Waals surface area (Å²) in [5.41, 5.74) is -0.129. The predicted molar refractivity (Wildman–Crippen MR) is 193 cm³/mol. The van der Waals surface area contributed by atoms with Crippen LogP contribution in [0.5, 0.6) is 5.75 Å². The fourth-order valence-electron chi connectivity index (χ4n) is 7.68. The lowest BCUT2D eigenvalue weighted by Gasteiger charge is -2.35. The Morgan fingerprint density at radius 3 is 2.49 bits per heavy atom. The van der Waals surface area contributed by atoms with E-state index in [9.17, 15) is 32.4 Å². The van der Waals surface area contributed by atoms with Crippen molar-refractivity contribution >= 4 is 39.8 Å². The molecular formula is C38H52N4O10S. The highest BCUT2D eigenvalue weighted by molar-refractivity contribution is 7.90. The quantitative estimate of drug-likeness (QED) is 0.380. The van der Waals surface area contributed by atoms with Gasteiger partial charge in [-0.1, -0.05) is 52.3 Å². The number of ketones is 1. The monoisotopic (exact) mass is 756 g/mol. The highest BCUT2D eigenvalue weighted by atomic mass is 32.2. The zero-order valence-corrected chi connectivity index (χ0v) is 31.9. The molecule has 5 aliphatic rings. The number of carbonyl (C=O) groups excluding carboxylic acids is 5. The average molecular weight is 757 g/mol. The number of benzene rings is 1. The summed E-state index contributed by atoms with van der Waals surface area (Å²) in [5, 5.41) is 2.11. The summed E-state index contributed by atoms with van der Waals surface area (Å²) in [5.74, 6) is -1.19. The van der Waals surface area contributed by atoms with Gasteiger partial charge in [0.25, 0.3) is 0 Å². The number of fused-ring (bicyclic) bond motifs is 4. The van der Waals surface area contributed by atoms with Gasteiger partial charge in [-0.2, -0.15) is 0 Å². The first-order valence-corrected chi connectivity index (χ1v) is 20.3. The zero-order chi connectivity index (χ0) is 38.1. The van der Waals surface area contributed by atoms with E-state index in [0.29, 0.717) is 57.6 Å². The fourth-order valence-corrected chi connectivity index (χ4v) is 9.07. The van der Waals surface area contributed by atoms with Crippen LogP contribution in [0.25, 0.3) is 0 Å². The normalized spacial score (nSPS) is 29.1. The Bertz CT molecular complexity index is 1750. The Morgan fingerprint density at radius 2 is 1.79 bits per heavy atom. The van der Waals surface area contributed by atoms with E-state index in [1.54, 1.807) is 25.7 Å². The molecular weight excluding hydrogens is 705 g/mol. The van der Waals surface area contributed by atoms with Gasteiger partial charge in [-0.15, -0.1) is 0 Å². The lowest BCUT2D eigenvalue weighted by atomic mass is 9.85. The van der Waals surface area contributed by atoms with Crippen molar-refractivity contribution in [2.45, 2.75) is 122 Å². The second kappa shape index (κ2) is 15.3. The van der Waals surface area contributed by atoms with Crippen LogP contribution in [0.1, 0.15) is 96.6 Å². The molecule has 14 nitrogen and oxygen atoms in total. The third-order valence-electron chi connectivity index (χ3n) is 11.1. The second-order valence-corrected chi connectivity index (χ2v) is 18.1. The fraction of sp³-hybridized carbons (Fsp3) is 0.658. The summed E-state index contributed by atoms with van der Waals surface area (Å²) < 4.78 is 45.0. The van der Waals surface area contributed by atoms with Crippen LogP contribution in [0.15, 0.2) is 30.4 Å². The number of nitrogens with one attached hydrogen (secondary N) is 2. The van der Waals surface area contributed by atoms with Crippen LogP contribution in [0.3, 0.4) is 0 Å². The number of Topliss-reactive ketones (excluding diaryl/α,β-unsaturated/α-hetero) is 1.